The van der Waals surface area contributed by atoms with Gasteiger partial charge in [0.05, 0.1) is 5.92 Å². The first-order valence-corrected chi connectivity index (χ1v) is 18.0. The lowest BCUT2D eigenvalue weighted by Crippen LogP contribution is -2.46. The Balaban J connectivity index is 1.24. The molecule has 212 valence electrons. The van der Waals surface area contributed by atoms with E-state index in [1.165, 1.54) is 25.7 Å². The maximum atomic E-state index is 13.7. The molecule has 2 amide bonds. The molecule has 4 fully saturated rings. The van der Waals surface area contributed by atoms with Gasteiger partial charge in [-0.2, -0.15) is 0 Å². The van der Waals surface area contributed by atoms with Gasteiger partial charge in [0.1, 0.15) is 5.60 Å². The van der Waals surface area contributed by atoms with Crippen molar-refractivity contribution in [3.05, 3.63) is 0 Å². The van der Waals surface area contributed by atoms with Crippen molar-refractivity contribution in [3.8, 4) is 0 Å². The Morgan fingerprint density at radius 3 is 2.35 bits per heavy atom. The average molecular weight is 536 g/mol. The molecule has 2 saturated carbocycles. The molecule has 6 atom stereocenters. The molecule has 2 aliphatic heterocycles. The van der Waals surface area contributed by atoms with E-state index >= 15 is 0 Å². The third kappa shape index (κ3) is 7.30. The van der Waals surface area contributed by atoms with E-state index in [9.17, 15) is 14.4 Å². The van der Waals surface area contributed by atoms with Gasteiger partial charge in [0.2, 0.25) is 5.91 Å². The Kier molecular flexibility index (Phi) is 9.01. The van der Waals surface area contributed by atoms with Crippen LogP contribution in [-0.4, -0.2) is 79.8 Å². The fourth-order valence-corrected chi connectivity index (χ4v) is 9.64. The van der Waals surface area contributed by atoms with Gasteiger partial charge in [-0.3, -0.25) is 4.79 Å². The van der Waals surface area contributed by atoms with Crippen molar-refractivity contribution >= 4 is 20.3 Å². The highest BCUT2D eigenvalue weighted by molar-refractivity contribution is 6.71. The van der Waals surface area contributed by atoms with Crippen LogP contribution in [0.2, 0.25) is 18.6 Å². The van der Waals surface area contributed by atoms with Gasteiger partial charge in [-0.1, -0.05) is 19.3 Å². The number of amides is 2. The predicted octanol–water partition coefficient (Wildman–Crippen LogP) is 4.85. The molecule has 7 nitrogen and oxygen atoms in total. The minimum atomic E-state index is -2.13. The van der Waals surface area contributed by atoms with Crippen molar-refractivity contribution in [2.24, 2.45) is 29.6 Å². The Morgan fingerprint density at radius 2 is 1.70 bits per heavy atom. The number of fused-ring (bicyclic) bond motifs is 1. The summed E-state index contributed by atoms with van der Waals surface area (Å²) in [5.41, 5.74) is -0.00376. The van der Waals surface area contributed by atoms with Crippen LogP contribution in [-0.2, 0) is 9.53 Å². The fourth-order valence-electron chi connectivity index (χ4n) is 7.94. The van der Waals surface area contributed by atoms with E-state index in [4.69, 9.17) is 4.74 Å². The molecule has 37 heavy (non-hydrogen) atoms. The lowest BCUT2D eigenvalue weighted by Gasteiger charge is -2.42. The largest absolute Gasteiger partial charge is 0.444 e. The van der Waals surface area contributed by atoms with Crippen LogP contribution in [0.3, 0.4) is 0 Å². The SMILES string of the molecule is CN1CC(C(=O)N2CCC(C3CCCC(CNC(=O)OC(C)(C)C)C3)CC2)C2CCC([Si](C)(C)O)CC21. The molecule has 0 aromatic rings. The summed E-state index contributed by atoms with van der Waals surface area (Å²) >= 11 is 0. The van der Waals surface area contributed by atoms with Crippen LogP contribution in [0.4, 0.5) is 4.79 Å². The molecule has 2 saturated heterocycles. The van der Waals surface area contributed by atoms with E-state index < -0.39 is 13.9 Å². The molecule has 0 bridgehead atoms. The Morgan fingerprint density at radius 1 is 1.00 bits per heavy atom. The van der Waals surface area contributed by atoms with Crippen LogP contribution < -0.4 is 5.32 Å². The third-order valence-corrected chi connectivity index (χ3v) is 12.6. The summed E-state index contributed by atoms with van der Waals surface area (Å²) in [5.74, 6) is 2.91. The zero-order valence-electron chi connectivity index (χ0n) is 24.3. The normalized spacial score (nSPS) is 34.2. The number of nitrogens with one attached hydrogen (secondary N) is 1. The van der Waals surface area contributed by atoms with E-state index in [1.807, 2.05) is 20.8 Å². The lowest BCUT2D eigenvalue weighted by molar-refractivity contribution is -0.138. The lowest BCUT2D eigenvalue weighted by atomic mass is 9.72. The molecule has 4 aliphatic rings. The summed E-state index contributed by atoms with van der Waals surface area (Å²) in [5, 5.41) is 2.99. The molecular weight excluding hydrogens is 482 g/mol. The van der Waals surface area contributed by atoms with Gasteiger partial charge < -0.3 is 24.6 Å². The second-order valence-electron chi connectivity index (χ2n) is 14.3. The van der Waals surface area contributed by atoms with Gasteiger partial charge in [0, 0.05) is 32.2 Å². The van der Waals surface area contributed by atoms with Crippen molar-refractivity contribution in [1.29, 1.82) is 0 Å². The summed E-state index contributed by atoms with van der Waals surface area (Å²) in [7, 11) is 0.0569. The summed E-state index contributed by atoms with van der Waals surface area (Å²) < 4.78 is 5.41. The van der Waals surface area contributed by atoms with Gasteiger partial charge in [0.15, 0.2) is 8.32 Å². The standard InChI is InChI=1S/C29H53N3O4Si/c1-29(2,3)36-28(34)30-18-20-8-7-9-22(16-20)21-12-14-32(15-13-21)27(33)25-19-31(4)26-17-23(37(5,6)35)10-11-24(25)26/h20-26,35H,7-19H2,1-6H3,(H,30,34). The third-order valence-electron chi connectivity index (χ3n) is 10.0. The van der Waals surface area contributed by atoms with Gasteiger partial charge in [-0.25, -0.2) is 4.79 Å². The number of carbonyl (C=O) groups is 2. The van der Waals surface area contributed by atoms with Gasteiger partial charge in [0.25, 0.3) is 0 Å². The Labute approximate surface area is 226 Å². The molecule has 0 aromatic heterocycles. The zero-order chi connectivity index (χ0) is 27.0. The smallest absolute Gasteiger partial charge is 0.407 e. The zero-order valence-corrected chi connectivity index (χ0v) is 25.3. The quantitative estimate of drug-likeness (QED) is 0.492. The molecule has 0 aromatic carbocycles. The topological polar surface area (TPSA) is 82.1 Å². The number of ether oxygens (including phenoxy) is 1. The minimum absolute atomic E-state index is 0.133. The second-order valence-corrected chi connectivity index (χ2v) is 18.4. The molecule has 0 radical (unpaired) electrons. The second kappa shape index (κ2) is 11.5. The number of likely N-dealkylation sites (tertiary alicyclic amines) is 2. The van der Waals surface area contributed by atoms with E-state index in [0.717, 1.165) is 51.7 Å². The molecule has 2 N–H and O–H groups in total. The molecule has 6 unspecified atom stereocenters. The van der Waals surface area contributed by atoms with Gasteiger partial charge in [-0.15, -0.1) is 0 Å². The van der Waals surface area contributed by atoms with Crippen molar-refractivity contribution in [3.63, 3.8) is 0 Å². The molecule has 8 heteroatoms. The van der Waals surface area contributed by atoms with Crippen molar-refractivity contribution in [1.82, 2.24) is 15.1 Å². The van der Waals surface area contributed by atoms with Crippen LogP contribution in [0.15, 0.2) is 0 Å². The van der Waals surface area contributed by atoms with Crippen LogP contribution in [0, 0.1) is 29.6 Å². The monoisotopic (exact) mass is 535 g/mol. The molecule has 4 rings (SSSR count). The van der Waals surface area contributed by atoms with Gasteiger partial charge in [-0.05, 0) is 109 Å². The van der Waals surface area contributed by atoms with Crippen LogP contribution in [0.5, 0.6) is 0 Å². The van der Waals surface area contributed by atoms with E-state index in [-0.39, 0.29) is 12.0 Å². The summed E-state index contributed by atoms with van der Waals surface area (Å²) in [6.07, 6.45) is 10.0. The summed E-state index contributed by atoms with van der Waals surface area (Å²) in [4.78, 5) is 41.0. The maximum Gasteiger partial charge on any atom is 0.407 e. The molecule has 0 spiro atoms. The highest BCUT2D eigenvalue weighted by atomic mass is 28.4. The first-order valence-electron chi connectivity index (χ1n) is 15.0. The van der Waals surface area contributed by atoms with Crippen LogP contribution in [0.1, 0.15) is 78.6 Å². The van der Waals surface area contributed by atoms with Crippen molar-refractivity contribution in [2.45, 2.75) is 109 Å². The van der Waals surface area contributed by atoms with Crippen molar-refractivity contribution in [2.75, 3.05) is 33.2 Å². The highest BCUT2D eigenvalue weighted by Gasteiger charge is 2.50. The molecule has 2 heterocycles. The van der Waals surface area contributed by atoms with Crippen molar-refractivity contribution < 1.29 is 19.1 Å². The first kappa shape index (κ1) is 28.9. The highest BCUT2D eigenvalue weighted by Crippen LogP contribution is 2.47. The average Bonchev–Trinajstić information content (AvgIpc) is 3.17. The summed E-state index contributed by atoms with van der Waals surface area (Å²) in [6.45, 7) is 13.2. The number of carbonyl (C=O) groups excluding carboxylic acids is 2. The summed E-state index contributed by atoms with van der Waals surface area (Å²) in [6, 6.07) is 0.456. The maximum absolute atomic E-state index is 13.7. The molecule has 2 aliphatic carbocycles. The Bertz CT molecular complexity index is 802. The number of nitrogens with zero attached hydrogens (tertiary/aromatic N) is 2. The first-order chi connectivity index (χ1) is 17.3. The van der Waals surface area contributed by atoms with E-state index in [0.29, 0.717) is 47.7 Å². The number of hydrogen-bond donors (Lipinski definition) is 2. The predicted molar refractivity (Wildman–Crippen MR) is 150 cm³/mol. The molecular formula is C29H53N3O4Si. The number of alkyl carbamates (subject to hydrolysis) is 1. The fraction of sp³-hybridized carbons (Fsp3) is 0.931. The van der Waals surface area contributed by atoms with Crippen LogP contribution >= 0.6 is 0 Å². The number of rotatable bonds is 5. The number of piperidine rings is 1. The van der Waals surface area contributed by atoms with Gasteiger partial charge >= 0.3 is 6.09 Å². The Hall–Kier alpha value is -1.12. The van der Waals surface area contributed by atoms with E-state index in [1.54, 1.807) is 0 Å². The van der Waals surface area contributed by atoms with Crippen LogP contribution in [0.25, 0.3) is 0 Å². The minimum Gasteiger partial charge on any atom is -0.444 e. The number of hydrogen-bond acceptors (Lipinski definition) is 5. The van der Waals surface area contributed by atoms with E-state index in [2.05, 4.69) is 35.3 Å².